The molecule has 1 aliphatic heterocycles. The van der Waals surface area contributed by atoms with E-state index in [9.17, 15) is 39.6 Å². The van der Waals surface area contributed by atoms with Crippen LogP contribution in [0.4, 0.5) is 10.1 Å². The van der Waals surface area contributed by atoms with E-state index in [1.54, 1.807) is 0 Å². The molecule has 4 aliphatic rings. The lowest BCUT2D eigenvalue weighted by Crippen LogP contribution is -2.65. The lowest BCUT2D eigenvalue weighted by atomic mass is 9.57. The summed E-state index contributed by atoms with van der Waals surface area (Å²) in [4.78, 5) is 57.5. The quantitative estimate of drug-likeness (QED) is 0.181. The molecule has 7 N–H and O–H groups in total. The summed E-state index contributed by atoms with van der Waals surface area (Å²) in [6, 6.07) is -0.131. The summed E-state index contributed by atoms with van der Waals surface area (Å²) < 4.78 is 15.5. The summed E-state index contributed by atoms with van der Waals surface area (Å²) in [5.74, 6) is -9.96. The van der Waals surface area contributed by atoms with Crippen molar-refractivity contribution in [3.05, 3.63) is 52.7 Å². The van der Waals surface area contributed by atoms with Crippen molar-refractivity contribution >= 4 is 34.8 Å². The number of likely N-dealkylation sites (tertiary alicyclic amines) is 1. The Hall–Kier alpha value is -4.27. The first-order valence-electron chi connectivity index (χ1n) is 14.2. The van der Waals surface area contributed by atoms with Crippen LogP contribution in [0, 0.1) is 17.7 Å². The largest absolute Gasteiger partial charge is 0.508 e. The topological polar surface area (TPSA) is 197 Å². The molecule has 3 aliphatic carbocycles. The van der Waals surface area contributed by atoms with Crippen molar-refractivity contribution < 1.29 is 44.0 Å². The number of nitrogens with two attached hydrogens (primary N) is 1. The predicted octanol–water partition coefficient (Wildman–Crippen LogP) is 0.191. The number of hydrogen-bond acceptors (Lipinski definition) is 11. The Morgan fingerprint density at radius 1 is 1.25 bits per heavy atom. The van der Waals surface area contributed by atoms with E-state index in [0.717, 1.165) is 12.5 Å². The highest BCUT2D eigenvalue weighted by Crippen LogP contribution is 2.53. The Kier molecular flexibility index (Phi) is 7.81. The fraction of sp³-hybridized carbons (Fsp3) is 0.467. The first-order valence-corrected chi connectivity index (χ1v) is 14.2. The molecule has 236 valence electrons. The monoisotopic (exact) mass is 613 g/mol. The van der Waals surface area contributed by atoms with Crippen LogP contribution in [0.25, 0.3) is 5.76 Å². The molecule has 1 saturated carbocycles. The second kappa shape index (κ2) is 11.0. The highest BCUT2D eigenvalue weighted by atomic mass is 19.1. The number of primary amides is 1. The molecule has 44 heavy (non-hydrogen) atoms. The number of phenols is 1. The average molecular weight is 614 g/mol. The Balaban J connectivity index is 1.53. The number of likely N-dealkylation sites (N-methyl/N-ethyl adjacent to an activating group) is 2. The third-order valence-electron chi connectivity index (χ3n) is 9.46. The van der Waals surface area contributed by atoms with Gasteiger partial charge in [-0.2, -0.15) is 0 Å². The number of nitrogens with one attached hydrogen (secondary N) is 1. The molecule has 0 spiro atoms. The van der Waals surface area contributed by atoms with Crippen molar-refractivity contribution in [1.29, 1.82) is 0 Å². The number of nitrogens with zero attached hydrogens (tertiary/aromatic N) is 3. The molecule has 0 radical (unpaired) electrons. The Bertz CT molecular complexity index is 1550. The number of anilines is 1. The number of phenolic OH excluding ortho intramolecular Hbond substituents is 1. The second-order valence-electron chi connectivity index (χ2n) is 12.1. The van der Waals surface area contributed by atoms with E-state index >= 15 is 4.39 Å². The number of amides is 2. The van der Waals surface area contributed by atoms with Crippen LogP contribution in [0.1, 0.15) is 24.0 Å². The fourth-order valence-corrected chi connectivity index (χ4v) is 7.12. The van der Waals surface area contributed by atoms with E-state index in [2.05, 4.69) is 16.8 Å². The smallest absolute Gasteiger partial charge is 0.255 e. The number of fused-ring (bicyclic) bond motifs is 3. The van der Waals surface area contributed by atoms with Gasteiger partial charge in [-0.05, 0) is 45.5 Å². The minimum Gasteiger partial charge on any atom is -0.508 e. The zero-order chi connectivity index (χ0) is 32.4. The Morgan fingerprint density at radius 2 is 1.93 bits per heavy atom. The molecule has 1 heterocycles. The van der Waals surface area contributed by atoms with Gasteiger partial charge < -0.3 is 41.3 Å². The predicted molar refractivity (Wildman–Crippen MR) is 156 cm³/mol. The van der Waals surface area contributed by atoms with Gasteiger partial charge in [-0.1, -0.05) is 6.58 Å². The van der Waals surface area contributed by atoms with Gasteiger partial charge >= 0.3 is 0 Å². The molecular weight excluding hydrogens is 577 g/mol. The highest BCUT2D eigenvalue weighted by molar-refractivity contribution is 6.24. The highest BCUT2D eigenvalue weighted by Gasteiger charge is 2.64. The molecule has 1 aromatic rings. The average Bonchev–Trinajstić information content (AvgIpc) is 3.41. The summed E-state index contributed by atoms with van der Waals surface area (Å²) in [7, 11) is 5.33. The molecule has 13 nitrogen and oxygen atoms in total. The van der Waals surface area contributed by atoms with Crippen molar-refractivity contribution in [3.63, 3.8) is 0 Å². The van der Waals surface area contributed by atoms with Crippen molar-refractivity contribution in [2.45, 2.75) is 36.9 Å². The Labute approximate surface area is 252 Å². The van der Waals surface area contributed by atoms with Crippen LogP contribution in [-0.4, -0.2) is 117 Å². The number of carbonyl (C=O) groups excluding carboxylic acids is 4. The molecule has 2 amide bonds. The number of carbonyl (C=O) groups is 4. The standard InChI is InChI=1S/C30H36FN5O8/c1-5-35(4)23-16-9-13-8-15-17(31)10-18(33-19(37)12-36-7-6-14(11-36)34(2)3)24(38)21(15)25(39)20(13)27(41)30(16,44)28(42)22(26(23)40)29(32)43/h5,10,13-14,16,23,38-39,42,44H,1,6-9,11-12H2,2-4H3,(H2,32,43)(H,33,37)/t13-,14+,16-,23-,30-/m0/s1. The van der Waals surface area contributed by atoms with Gasteiger partial charge in [-0.25, -0.2) is 4.39 Å². The maximum Gasteiger partial charge on any atom is 0.255 e. The number of benzene rings is 1. The van der Waals surface area contributed by atoms with Gasteiger partial charge in [0.05, 0.1) is 23.8 Å². The number of rotatable bonds is 7. The normalized spacial score (nSPS) is 28.5. The van der Waals surface area contributed by atoms with Crippen LogP contribution in [0.2, 0.25) is 0 Å². The third-order valence-corrected chi connectivity index (χ3v) is 9.46. The van der Waals surface area contributed by atoms with Crippen LogP contribution < -0.4 is 11.1 Å². The zero-order valence-corrected chi connectivity index (χ0v) is 24.6. The van der Waals surface area contributed by atoms with E-state index in [4.69, 9.17) is 5.73 Å². The third kappa shape index (κ3) is 4.64. The summed E-state index contributed by atoms with van der Waals surface area (Å²) in [6.45, 7) is 4.91. The Morgan fingerprint density at radius 3 is 2.52 bits per heavy atom. The van der Waals surface area contributed by atoms with Crippen LogP contribution >= 0.6 is 0 Å². The number of aliphatic hydroxyl groups excluding tert-OH is 2. The van der Waals surface area contributed by atoms with Crippen molar-refractivity contribution in [2.75, 3.05) is 46.1 Å². The lowest BCUT2D eigenvalue weighted by Gasteiger charge is -2.50. The number of hydrogen-bond donors (Lipinski definition) is 6. The van der Waals surface area contributed by atoms with Gasteiger partial charge in [0.1, 0.15) is 22.9 Å². The second-order valence-corrected chi connectivity index (χ2v) is 12.1. The van der Waals surface area contributed by atoms with E-state index in [1.165, 1.54) is 18.1 Å². The van der Waals surface area contributed by atoms with E-state index in [-0.39, 0.29) is 36.7 Å². The van der Waals surface area contributed by atoms with E-state index in [0.29, 0.717) is 13.1 Å². The van der Waals surface area contributed by atoms with Crippen LogP contribution in [0.5, 0.6) is 5.75 Å². The van der Waals surface area contributed by atoms with E-state index < -0.39 is 86.7 Å². The van der Waals surface area contributed by atoms with Crippen LogP contribution in [0.3, 0.4) is 0 Å². The number of aliphatic hydroxyl groups is 3. The molecule has 1 aromatic carbocycles. The SMILES string of the molecule is C=CN(C)[C@@H]1C(=O)C(C(N)=O)=C(O)[C@@]2(O)C(=O)C3=C(O)c4c(O)c(NC(=O)CN5CC[C@@H](N(C)C)C5)cc(F)c4C[C@H]3C[C@@H]12. The molecule has 0 aromatic heterocycles. The summed E-state index contributed by atoms with van der Waals surface area (Å²) in [5, 5.41) is 47.7. The summed E-state index contributed by atoms with van der Waals surface area (Å²) >= 11 is 0. The first-order chi connectivity index (χ1) is 20.6. The van der Waals surface area contributed by atoms with Crippen LogP contribution in [-0.2, 0) is 25.6 Å². The molecule has 0 unspecified atom stereocenters. The molecule has 5 rings (SSSR count). The number of halogens is 1. The number of aromatic hydroxyl groups is 1. The molecule has 2 fully saturated rings. The molecular formula is C30H36FN5O8. The minimum atomic E-state index is -2.85. The summed E-state index contributed by atoms with van der Waals surface area (Å²) in [6.07, 6.45) is 1.69. The number of Topliss-reactive ketones (excluding diaryl/α,β-unsaturated/α-hetero) is 2. The maximum absolute atomic E-state index is 15.5. The maximum atomic E-state index is 15.5. The molecule has 5 atom stereocenters. The van der Waals surface area contributed by atoms with Gasteiger partial charge in [0.15, 0.2) is 17.1 Å². The molecule has 0 bridgehead atoms. The fourth-order valence-electron chi connectivity index (χ4n) is 7.12. The first kappa shape index (κ1) is 31.2. The van der Waals surface area contributed by atoms with Gasteiger partial charge in [0.2, 0.25) is 11.7 Å². The van der Waals surface area contributed by atoms with Crippen molar-refractivity contribution in [2.24, 2.45) is 17.6 Å². The zero-order valence-electron chi connectivity index (χ0n) is 24.6. The van der Waals surface area contributed by atoms with Crippen molar-refractivity contribution in [3.8, 4) is 5.75 Å². The van der Waals surface area contributed by atoms with Gasteiger partial charge in [0, 0.05) is 49.3 Å². The number of ketones is 2. The molecule has 14 heteroatoms. The lowest BCUT2D eigenvalue weighted by molar-refractivity contribution is -0.153. The van der Waals surface area contributed by atoms with Gasteiger partial charge in [-0.15, -0.1) is 0 Å². The minimum absolute atomic E-state index is 0.0165. The summed E-state index contributed by atoms with van der Waals surface area (Å²) in [5.41, 5.74) is 0.210. The van der Waals surface area contributed by atoms with Gasteiger partial charge in [-0.3, -0.25) is 24.1 Å². The van der Waals surface area contributed by atoms with Crippen molar-refractivity contribution in [1.82, 2.24) is 14.7 Å². The van der Waals surface area contributed by atoms with Crippen LogP contribution in [0.15, 0.2) is 35.8 Å². The van der Waals surface area contributed by atoms with E-state index in [1.807, 2.05) is 19.0 Å². The molecule has 1 saturated heterocycles. The van der Waals surface area contributed by atoms with Gasteiger partial charge in [0.25, 0.3) is 5.91 Å².